The Kier molecular flexibility index (Phi) is 5.69. The second-order valence-corrected chi connectivity index (χ2v) is 7.22. The number of fused-ring (bicyclic) bond motifs is 1. The average Bonchev–Trinajstić information content (AvgIpc) is 3.25. The van der Waals surface area contributed by atoms with Gasteiger partial charge in [0.05, 0.1) is 5.52 Å². The molecule has 0 radical (unpaired) electrons. The maximum atomic E-state index is 12.4. The first-order chi connectivity index (χ1) is 14.2. The summed E-state index contributed by atoms with van der Waals surface area (Å²) in [5.41, 5.74) is 3.00. The zero-order valence-corrected chi connectivity index (χ0v) is 16.0. The summed E-state index contributed by atoms with van der Waals surface area (Å²) in [7, 11) is 0. The summed E-state index contributed by atoms with van der Waals surface area (Å²) in [5, 5.41) is 13.4. The molecule has 2 aromatic carbocycles. The Balaban J connectivity index is 1.20. The Morgan fingerprint density at radius 1 is 1.14 bits per heavy atom. The summed E-state index contributed by atoms with van der Waals surface area (Å²) in [6.07, 6.45) is 1.39. The Labute approximate surface area is 168 Å². The molecule has 0 aliphatic carbocycles. The van der Waals surface area contributed by atoms with E-state index in [1.807, 2.05) is 30.3 Å². The lowest BCUT2D eigenvalue weighted by Gasteiger charge is -2.31. The van der Waals surface area contributed by atoms with Crippen LogP contribution in [0.4, 0.5) is 4.79 Å². The molecule has 29 heavy (non-hydrogen) atoms. The van der Waals surface area contributed by atoms with Gasteiger partial charge in [-0.2, -0.15) is 0 Å². The molecule has 1 fully saturated rings. The van der Waals surface area contributed by atoms with Gasteiger partial charge in [-0.1, -0.05) is 35.5 Å². The molecule has 8 nitrogen and oxygen atoms in total. The second-order valence-electron chi connectivity index (χ2n) is 7.22. The molecule has 2 heterocycles. The highest BCUT2D eigenvalue weighted by Gasteiger charge is 2.24. The molecule has 0 spiro atoms. The quantitative estimate of drug-likeness (QED) is 0.694. The number of benzene rings is 2. The molecule has 4 rings (SSSR count). The lowest BCUT2D eigenvalue weighted by atomic mass is 9.97. The van der Waals surface area contributed by atoms with Gasteiger partial charge in [0.25, 0.3) is 5.91 Å². The number of hydrogen-bond donors (Lipinski definition) is 2. The highest BCUT2D eigenvalue weighted by atomic mass is 16.6. The van der Waals surface area contributed by atoms with Crippen molar-refractivity contribution in [1.82, 2.24) is 25.6 Å². The van der Waals surface area contributed by atoms with Crippen molar-refractivity contribution >= 4 is 23.0 Å². The number of aromatic amines is 1. The van der Waals surface area contributed by atoms with E-state index in [0.29, 0.717) is 36.6 Å². The SMILES string of the molecule is O=C(NCC1CCN(C(=O)OCc2ccccc2)CC1)c1ccc2[nH]nnc2c1. The van der Waals surface area contributed by atoms with E-state index in [1.165, 1.54) is 0 Å². The molecule has 1 saturated heterocycles. The second kappa shape index (κ2) is 8.72. The minimum Gasteiger partial charge on any atom is -0.445 e. The molecule has 1 aliphatic heterocycles. The predicted octanol–water partition coefficient (Wildman–Crippen LogP) is 2.74. The standard InChI is InChI=1S/C21H23N5O3/c27-20(17-6-7-18-19(12-17)24-25-23-18)22-13-15-8-10-26(11-9-15)21(28)29-14-16-4-2-1-3-5-16/h1-7,12,15H,8-11,13-14H2,(H,22,27)(H,23,24,25). The van der Waals surface area contributed by atoms with E-state index in [2.05, 4.69) is 20.7 Å². The molecule has 0 atom stereocenters. The fraction of sp³-hybridized carbons (Fsp3) is 0.333. The van der Waals surface area contributed by atoms with Crippen LogP contribution in [0, 0.1) is 5.92 Å². The summed E-state index contributed by atoms with van der Waals surface area (Å²) in [6.45, 7) is 2.15. The van der Waals surface area contributed by atoms with Crippen LogP contribution in [0.1, 0.15) is 28.8 Å². The molecule has 0 unspecified atom stereocenters. The van der Waals surface area contributed by atoms with Crippen LogP contribution in [0.3, 0.4) is 0 Å². The van der Waals surface area contributed by atoms with Gasteiger partial charge < -0.3 is 15.0 Å². The summed E-state index contributed by atoms with van der Waals surface area (Å²) in [4.78, 5) is 26.4. The van der Waals surface area contributed by atoms with Gasteiger partial charge in [-0.05, 0) is 42.5 Å². The number of carbonyl (C=O) groups is 2. The molecule has 2 amide bonds. The van der Waals surface area contributed by atoms with Crippen molar-refractivity contribution in [3.8, 4) is 0 Å². The smallest absolute Gasteiger partial charge is 0.410 e. The summed E-state index contributed by atoms with van der Waals surface area (Å²) in [6, 6.07) is 14.9. The van der Waals surface area contributed by atoms with Gasteiger partial charge in [-0.3, -0.25) is 9.89 Å². The zero-order chi connectivity index (χ0) is 20.1. The van der Waals surface area contributed by atoms with Gasteiger partial charge in [0.2, 0.25) is 0 Å². The largest absolute Gasteiger partial charge is 0.445 e. The molecule has 0 saturated carbocycles. The molecule has 3 aromatic rings. The van der Waals surface area contributed by atoms with Crippen molar-refractivity contribution in [1.29, 1.82) is 0 Å². The van der Waals surface area contributed by atoms with Crippen LogP contribution in [0.15, 0.2) is 48.5 Å². The van der Waals surface area contributed by atoms with Crippen molar-refractivity contribution in [2.45, 2.75) is 19.4 Å². The minimum absolute atomic E-state index is 0.125. The highest BCUT2D eigenvalue weighted by Crippen LogP contribution is 2.18. The molecule has 0 bridgehead atoms. The van der Waals surface area contributed by atoms with Crippen molar-refractivity contribution < 1.29 is 14.3 Å². The van der Waals surface area contributed by atoms with Gasteiger partial charge in [0.1, 0.15) is 12.1 Å². The molecule has 2 N–H and O–H groups in total. The lowest BCUT2D eigenvalue weighted by molar-refractivity contribution is 0.0801. The summed E-state index contributed by atoms with van der Waals surface area (Å²) < 4.78 is 5.39. The maximum absolute atomic E-state index is 12.4. The van der Waals surface area contributed by atoms with Gasteiger partial charge in [0, 0.05) is 25.2 Å². The number of H-pyrrole nitrogens is 1. The van der Waals surface area contributed by atoms with Crippen LogP contribution in [0.25, 0.3) is 11.0 Å². The van der Waals surface area contributed by atoms with Crippen LogP contribution in [-0.4, -0.2) is 51.9 Å². The molecule has 150 valence electrons. The number of piperidine rings is 1. The average molecular weight is 393 g/mol. The van der Waals surface area contributed by atoms with Crippen molar-refractivity contribution in [2.75, 3.05) is 19.6 Å². The van der Waals surface area contributed by atoms with Crippen LogP contribution < -0.4 is 5.32 Å². The topological polar surface area (TPSA) is 100 Å². The van der Waals surface area contributed by atoms with Crippen molar-refractivity contribution in [3.63, 3.8) is 0 Å². The van der Waals surface area contributed by atoms with E-state index in [4.69, 9.17) is 4.74 Å². The third-order valence-corrected chi connectivity index (χ3v) is 5.22. The highest BCUT2D eigenvalue weighted by molar-refractivity contribution is 5.97. The maximum Gasteiger partial charge on any atom is 0.410 e. The first-order valence-corrected chi connectivity index (χ1v) is 9.73. The van der Waals surface area contributed by atoms with E-state index in [1.54, 1.807) is 23.1 Å². The van der Waals surface area contributed by atoms with Crippen LogP contribution in [0.2, 0.25) is 0 Å². The Morgan fingerprint density at radius 2 is 1.93 bits per heavy atom. The van der Waals surface area contributed by atoms with Crippen molar-refractivity contribution in [2.24, 2.45) is 5.92 Å². The number of nitrogens with one attached hydrogen (secondary N) is 2. The summed E-state index contributed by atoms with van der Waals surface area (Å²) >= 11 is 0. The first kappa shape index (κ1) is 18.9. The third kappa shape index (κ3) is 4.71. The zero-order valence-electron chi connectivity index (χ0n) is 16.0. The number of rotatable bonds is 5. The number of likely N-dealkylation sites (tertiary alicyclic amines) is 1. The molecule has 1 aromatic heterocycles. The van der Waals surface area contributed by atoms with Gasteiger partial charge in [0.15, 0.2) is 0 Å². The lowest BCUT2D eigenvalue weighted by Crippen LogP contribution is -2.41. The van der Waals surface area contributed by atoms with Crippen molar-refractivity contribution in [3.05, 3.63) is 59.7 Å². The molecule has 1 aliphatic rings. The normalized spacial score (nSPS) is 14.7. The predicted molar refractivity (Wildman–Crippen MR) is 107 cm³/mol. The van der Waals surface area contributed by atoms with Gasteiger partial charge >= 0.3 is 6.09 Å². The van der Waals surface area contributed by atoms with Gasteiger partial charge in [-0.25, -0.2) is 4.79 Å². The Bertz CT molecular complexity index is 980. The number of aromatic nitrogens is 3. The molecular formula is C21H23N5O3. The van der Waals surface area contributed by atoms with E-state index in [0.717, 1.165) is 23.9 Å². The van der Waals surface area contributed by atoms with Crippen LogP contribution in [-0.2, 0) is 11.3 Å². The third-order valence-electron chi connectivity index (χ3n) is 5.22. The molecular weight excluding hydrogens is 370 g/mol. The fourth-order valence-electron chi connectivity index (χ4n) is 3.45. The monoisotopic (exact) mass is 393 g/mol. The van der Waals surface area contributed by atoms with Gasteiger partial charge in [-0.15, -0.1) is 5.10 Å². The fourth-order valence-corrected chi connectivity index (χ4v) is 3.45. The Morgan fingerprint density at radius 3 is 2.72 bits per heavy atom. The number of hydrogen-bond acceptors (Lipinski definition) is 5. The van der Waals surface area contributed by atoms with E-state index < -0.39 is 0 Å². The number of carbonyl (C=O) groups excluding carboxylic acids is 2. The molecule has 8 heteroatoms. The van der Waals surface area contributed by atoms with E-state index in [-0.39, 0.29) is 18.6 Å². The van der Waals surface area contributed by atoms with Crippen LogP contribution >= 0.6 is 0 Å². The Hall–Kier alpha value is -3.42. The number of nitrogens with zero attached hydrogens (tertiary/aromatic N) is 3. The number of ether oxygens (including phenoxy) is 1. The number of amides is 2. The van der Waals surface area contributed by atoms with Crippen LogP contribution in [0.5, 0.6) is 0 Å². The van der Waals surface area contributed by atoms with E-state index >= 15 is 0 Å². The minimum atomic E-state index is -0.280. The van der Waals surface area contributed by atoms with E-state index in [9.17, 15) is 9.59 Å². The first-order valence-electron chi connectivity index (χ1n) is 9.73. The summed E-state index contributed by atoms with van der Waals surface area (Å²) in [5.74, 6) is 0.215.